The molecule has 4 rings (SSSR count). The summed E-state index contributed by atoms with van der Waals surface area (Å²) in [5, 5.41) is 5.61. The number of carbonyl (C=O) groups excluding carboxylic acids is 3. The Morgan fingerprint density at radius 1 is 1.03 bits per heavy atom. The number of pyridine rings is 1. The molecule has 0 bridgehead atoms. The monoisotopic (exact) mass is 442 g/mol. The van der Waals surface area contributed by atoms with Gasteiger partial charge in [0.2, 0.25) is 11.8 Å². The average molecular weight is 443 g/mol. The van der Waals surface area contributed by atoms with E-state index in [-0.39, 0.29) is 17.7 Å². The molecule has 2 heterocycles. The predicted octanol–water partition coefficient (Wildman–Crippen LogP) is 3.62. The standard InChI is InChI=1S/C26H26N4O3/c1-17-9-10-22(14-18(17)2)30-13-11-23(26(30)33)25(32)29-20-8-5-6-19(15-20)24(31)28-16-21-7-3-4-12-27-21/h3-10,12,14-15,23H,11,13,16H2,1-2H3,(H,28,31)(H,29,32). The van der Waals surface area contributed by atoms with E-state index in [1.165, 1.54) is 0 Å². The highest BCUT2D eigenvalue weighted by atomic mass is 16.2. The van der Waals surface area contributed by atoms with Crippen LogP contribution in [0.5, 0.6) is 0 Å². The van der Waals surface area contributed by atoms with Gasteiger partial charge in [-0.2, -0.15) is 0 Å². The summed E-state index contributed by atoms with van der Waals surface area (Å²) < 4.78 is 0. The van der Waals surface area contributed by atoms with Gasteiger partial charge in [-0.05, 0) is 73.9 Å². The molecule has 1 aromatic heterocycles. The summed E-state index contributed by atoms with van der Waals surface area (Å²) in [5.41, 5.74) is 4.71. The van der Waals surface area contributed by atoms with Crippen LogP contribution in [0.1, 0.15) is 33.6 Å². The van der Waals surface area contributed by atoms with Crippen molar-refractivity contribution in [1.29, 1.82) is 0 Å². The second kappa shape index (κ2) is 9.65. The molecule has 3 aromatic rings. The third kappa shape index (κ3) is 5.09. The highest BCUT2D eigenvalue weighted by molar-refractivity contribution is 6.13. The van der Waals surface area contributed by atoms with E-state index in [1.807, 2.05) is 50.2 Å². The van der Waals surface area contributed by atoms with Gasteiger partial charge in [-0.25, -0.2) is 0 Å². The molecule has 7 heteroatoms. The first-order valence-corrected chi connectivity index (χ1v) is 10.9. The summed E-state index contributed by atoms with van der Waals surface area (Å²) in [6, 6.07) is 18.0. The molecule has 7 nitrogen and oxygen atoms in total. The van der Waals surface area contributed by atoms with E-state index >= 15 is 0 Å². The Balaban J connectivity index is 1.39. The number of carbonyl (C=O) groups is 3. The van der Waals surface area contributed by atoms with Crippen LogP contribution in [0.4, 0.5) is 11.4 Å². The minimum atomic E-state index is -0.756. The lowest BCUT2D eigenvalue weighted by molar-refractivity contribution is -0.129. The van der Waals surface area contributed by atoms with Crippen LogP contribution < -0.4 is 15.5 Å². The van der Waals surface area contributed by atoms with Crippen LogP contribution in [-0.4, -0.2) is 29.3 Å². The van der Waals surface area contributed by atoms with Gasteiger partial charge in [0.25, 0.3) is 5.91 Å². The number of anilines is 2. The fourth-order valence-corrected chi connectivity index (χ4v) is 3.82. The second-order valence-electron chi connectivity index (χ2n) is 8.17. The number of hydrogen-bond acceptors (Lipinski definition) is 4. The van der Waals surface area contributed by atoms with Crippen molar-refractivity contribution in [1.82, 2.24) is 10.3 Å². The van der Waals surface area contributed by atoms with Crippen LogP contribution in [0.15, 0.2) is 66.9 Å². The van der Waals surface area contributed by atoms with Crippen molar-refractivity contribution in [2.75, 3.05) is 16.8 Å². The lowest BCUT2D eigenvalue weighted by Crippen LogP contribution is -2.33. The van der Waals surface area contributed by atoms with Gasteiger partial charge in [-0.3, -0.25) is 19.4 Å². The van der Waals surface area contributed by atoms with Crippen molar-refractivity contribution in [3.63, 3.8) is 0 Å². The molecule has 1 aliphatic rings. The molecule has 0 saturated carbocycles. The van der Waals surface area contributed by atoms with Gasteiger partial charge in [-0.1, -0.05) is 18.2 Å². The van der Waals surface area contributed by atoms with Crippen molar-refractivity contribution < 1.29 is 14.4 Å². The normalized spacial score (nSPS) is 15.4. The number of rotatable bonds is 6. The average Bonchev–Trinajstić information content (AvgIpc) is 3.21. The fraction of sp³-hybridized carbons (Fsp3) is 0.231. The molecule has 1 aliphatic heterocycles. The van der Waals surface area contributed by atoms with Gasteiger partial charge in [0.15, 0.2) is 0 Å². The summed E-state index contributed by atoms with van der Waals surface area (Å²) >= 11 is 0. The van der Waals surface area contributed by atoms with Crippen molar-refractivity contribution in [2.45, 2.75) is 26.8 Å². The molecular weight excluding hydrogens is 416 g/mol. The molecule has 168 valence electrons. The topological polar surface area (TPSA) is 91.4 Å². The van der Waals surface area contributed by atoms with E-state index < -0.39 is 5.92 Å². The fourth-order valence-electron chi connectivity index (χ4n) is 3.82. The Labute approximate surface area is 192 Å². The van der Waals surface area contributed by atoms with E-state index in [4.69, 9.17) is 0 Å². The third-order valence-electron chi connectivity index (χ3n) is 5.87. The van der Waals surface area contributed by atoms with Crippen molar-refractivity contribution in [2.24, 2.45) is 5.92 Å². The van der Waals surface area contributed by atoms with Crippen LogP contribution in [0, 0.1) is 19.8 Å². The van der Waals surface area contributed by atoms with Crippen LogP contribution >= 0.6 is 0 Å². The summed E-state index contributed by atoms with van der Waals surface area (Å²) in [5.74, 6) is -1.60. The maximum absolute atomic E-state index is 12.9. The zero-order valence-electron chi connectivity index (χ0n) is 18.7. The molecule has 1 atom stereocenters. The van der Waals surface area contributed by atoms with Gasteiger partial charge in [0, 0.05) is 29.7 Å². The first kappa shape index (κ1) is 22.2. The molecule has 1 unspecified atom stereocenters. The van der Waals surface area contributed by atoms with E-state index in [0.717, 1.165) is 22.5 Å². The van der Waals surface area contributed by atoms with E-state index in [0.29, 0.717) is 30.8 Å². The number of nitrogens with one attached hydrogen (secondary N) is 2. The van der Waals surface area contributed by atoms with E-state index in [1.54, 1.807) is 35.4 Å². The highest BCUT2D eigenvalue weighted by Gasteiger charge is 2.37. The van der Waals surface area contributed by atoms with Crippen molar-refractivity contribution >= 4 is 29.1 Å². The minimum Gasteiger partial charge on any atom is -0.346 e. The summed E-state index contributed by atoms with van der Waals surface area (Å²) in [7, 11) is 0. The van der Waals surface area contributed by atoms with Crippen LogP contribution in [0.25, 0.3) is 0 Å². The molecule has 0 spiro atoms. The Morgan fingerprint density at radius 2 is 1.88 bits per heavy atom. The summed E-state index contributed by atoms with van der Waals surface area (Å²) in [6.07, 6.45) is 2.12. The van der Waals surface area contributed by atoms with Crippen molar-refractivity contribution in [3.05, 3.63) is 89.2 Å². The highest BCUT2D eigenvalue weighted by Crippen LogP contribution is 2.28. The van der Waals surface area contributed by atoms with Gasteiger partial charge >= 0.3 is 0 Å². The maximum Gasteiger partial charge on any atom is 0.251 e. The number of amides is 3. The summed E-state index contributed by atoms with van der Waals surface area (Å²) in [6.45, 7) is 4.83. The van der Waals surface area contributed by atoms with Gasteiger partial charge in [-0.15, -0.1) is 0 Å². The zero-order chi connectivity index (χ0) is 23.4. The van der Waals surface area contributed by atoms with Crippen LogP contribution in [-0.2, 0) is 16.1 Å². The quantitative estimate of drug-likeness (QED) is 0.571. The first-order valence-electron chi connectivity index (χ1n) is 10.9. The Bertz CT molecular complexity index is 1190. The van der Waals surface area contributed by atoms with E-state index in [2.05, 4.69) is 15.6 Å². The third-order valence-corrected chi connectivity index (χ3v) is 5.87. The van der Waals surface area contributed by atoms with Gasteiger partial charge < -0.3 is 15.5 Å². The molecule has 2 aromatic carbocycles. The number of aromatic nitrogens is 1. The number of benzene rings is 2. The number of nitrogens with zero attached hydrogens (tertiary/aromatic N) is 2. The molecule has 3 amide bonds. The number of aryl methyl sites for hydroxylation is 2. The predicted molar refractivity (Wildman–Crippen MR) is 127 cm³/mol. The minimum absolute atomic E-state index is 0.208. The Hall–Kier alpha value is -4.00. The maximum atomic E-state index is 12.9. The molecule has 0 aliphatic carbocycles. The van der Waals surface area contributed by atoms with Crippen LogP contribution in [0.2, 0.25) is 0 Å². The summed E-state index contributed by atoms with van der Waals surface area (Å²) in [4.78, 5) is 44.1. The van der Waals surface area contributed by atoms with Crippen LogP contribution in [0.3, 0.4) is 0 Å². The zero-order valence-corrected chi connectivity index (χ0v) is 18.7. The van der Waals surface area contributed by atoms with Gasteiger partial charge in [0.1, 0.15) is 5.92 Å². The molecule has 0 radical (unpaired) electrons. The first-order chi connectivity index (χ1) is 15.9. The molecule has 1 fully saturated rings. The SMILES string of the molecule is Cc1ccc(N2CCC(C(=O)Nc3cccc(C(=O)NCc4ccccn4)c3)C2=O)cc1C. The van der Waals surface area contributed by atoms with Gasteiger partial charge in [0.05, 0.1) is 12.2 Å². The smallest absolute Gasteiger partial charge is 0.251 e. The second-order valence-corrected chi connectivity index (χ2v) is 8.17. The molecular formula is C26H26N4O3. The largest absolute Gasteiger partial charge is 0.346 e. The van der Waals surface area contributed by atoms with E-state index in [9.17, 15) is 14.4 Å². The molecule has 33 heavy (non-hydrogen) atoms. The van der Waals surface area contributed by atoms with Crippen molar-refractivity contribution in [3.8, 4) is 0 Å². The lowest BCUT2D eigenvalue weighted by Gasteiger charge is -2.18. The molecule has 1 saturated heterocycles. The Morgan fingerprint density at radius 3 is 2.64 bits per heavy atom. The number of hydrogen-bond donors (Lipinski definition) is 2. The molecule has 2 N–H and O–H groups in total. The lowest BCUT2D eigenvalue weighted by atomic mass is 10.1. The Kier molecular flexibility index (Phi) is 6.49.